The molecular weight excluding hydrogens is 208 g/mol. The molecule has 1 atom stereocenters. The van der Waals surface area contributed by atoms with Crippen molar-refractivity contribution in [2.24, 2.45) is 5.73 Å². The Hall–Kier alpha value is -2.17. The van der Waals surface area contributed by atoms with E-state index in [9.17, 15) is 14.4 Å². The number of primary amides is 1. The van der Waals surface area contributed by atoms with Crippen LogP contribution in [0.2, 0.25) is 0 Å². The molecular formula is C11H10N2O3. The van der Waals surface area contributed by atoms with Crippen LogP contribution in [0.25, 0.3) is 0 Å². The van der Waals surface area contributed by atoms with E-state index in [1.54, 1.807) is 24.3 Å². The molecule has 0 saturated carbocycles. The van der Waals surface area contributed by atoms with E-state index in [-0.39, 0.29) is 0 Å². The van der Waals surface area contributed by atoms with Crippen molar-refractivity contribution in [1.82, 2.24) is 4.90 Å². The van der Waals surface area contributed by atoms with E-state index in [4.69, 9.17) is 5.73 Å². The molecule has 2 N–H and O–H groups in total. The fraction of sp³-hybridized carbons (Fsp3) is 0.182. The molecule has 1 heterocycles. The van der Waals surface area contributed by atoms with Gasteiger partial charge in [0.1, 0.15) is 6.04 Å². The summed E-state index contributed by atoms with van der Waals surface area (Å²) in [4.78, 5) is 35.6. The fourth-order valence-electron chi connectivity index (χ4n) is 1.69. The van der Waals surface area contributed by atoms with E-state index in [0.717, 1.165) is 4.90 Å². The second-order valence-corrected chi connectivity index (χ2v) is 3.60. The molecule has 82 valence electrons. The number of benzene rings is 1. The maximum absolute atomic E-state index is 11.9. The molecule has 1 aliphatic heterocycles. The summed E-state index contributed by atoms with van der Waals surface area (Å²) in [6.07, 6.45) is 0. The van der Waals surface area contributed by atoms with Crippen LogP contribution in [0.5, 0.6) is 0 Å². The molecule has 0 unspecified atom stereocenters. The van der Waals surface area contributed by atoms with Crippen molar-refractivity contribution >= 4 is 17.7 Å². The highest BCUT2D eigenvalue weighted by atomic mass is 16.2. The molecule has 1 aromatic carbocycles. The third-order valence-electron chi connectivity index (χ3n) is 2.62. The van der Waals surface area contributed by atoms with Crippen LogP contribution >= 0.6 is 0 Å². The van der Waals surface area contributed by atoms with Gasteiger partial charge >= 0.3 is 0 Å². The molecule has 0 spiro atoms. The van der Waals surface area contributed by atoms with Crippen molar-refractivity contribution in [3.63, 3.8) is 0 Å². The topological polar surface area (TPSA) is 80.5 Å². The van der Waals surface area contributed by atoms with Gasteiger partial charge in [0.25, 0.3) is 11.8 Å². The molecule has 16 heavy (non-hydrogen) atoms. The normalized spacial score (nSPS) is 16.2. The number of carbonyl (C=O) groups excluding carboxylic acids is 3. The van der Waals surface area contributed by atoms with Gasteiger partial charge in [-0.15, -0.1) is 0 Å². The molecule has 5 nitrogen and oxygen atoms in total. The van der Waals surface area contributed by atoms with Crippen molar-refractivity contribution < 1.29 is 14.4 Å². The highest BCUT2D eigenvalue weighted by Gasteiger charge is 2.39. The Morgan fingerprint density at radius 1 is 1.19 bits per heavy atom. The third-order valence-corrected chi connectivity index (χ3v) is 2.62. The van der Waals surface area contributed by atoms with E-state index >= 15 is 0 Å². The summed E-state index contributed by atoms with van der Waals surface area (Å²) < 4.78 is 0. The summed E-state index contributed by atoms with van der Waals surface area (Å²) in [6, 6.07) is 5.53. The second-order valence-electron chi connectivity index (χ2n) is 3.60. The summed E-state index contributed by atoms with van der Waals surface area (Å²) in [5, 5.41) is 0. The van der Waals surface area contributed by atoms with Gasteiger partial charge < -0.3 is 5.73 Å². The largest absolute Gasteiger partial charge is 0.368 e. The quantitative estimate of drug-likeness (QED) is 0.718. The molecule has 0 radical (unpaired) electrons. The van der Waals surface area contributed by atoms with Crippen LogP contribution in [-0.4, -0.2) is 28.7 Å². The lowest BCUT2D eigenvalue weighted by Crippen LogP contribution is -2.45. The van der Waals surface area contributed by atoms with Gasteiger partial charge in [0.05, 0.1) is 11.1 Å². The lowest BCUT2D eigenvalue weighted by atomic mass is 10.1. The lowest BCUT2D eigenvalue weighted by Gasteiger charge is -2.18. The van der Waals surface area contributed by atoms with Gasteiger partial charge in [0.15, 0.2) is 0 Å². The van der Waals surface area contributed by atoms with Crippen LogP contribution < -0.4 is 5.73 Å². The van der Waals surface area contributed by atoms with Crippen molar-refractivity contribution in [2.45, 2.75) is 13.0 Å². The van der Waals surface area contributed by atoms with Crippen LogP contribution in [0.15, 0.2) is 24.3 Å². The molecule has 1 aromatic rings. The van der Waals surface area contributed by atoms with Gasteiger partial charge in [0.2, 0.25) is 5.91 Å². The maximum Gasteiger partial charge on any atom is 0.262 e. The summed E-state index contributed by atoms with van der Waals surface area (Å²) in [6.45, 7) is 1.43. The van der Waals surface area contributed by atoms with E-state index < -0.39 is 23.8 Å². The molecule has 0 aromatic heterocycles. The van der Waals surface area contributed by atoms with E-state index in [1.807, 2.05) is 0 Å². The minimum atomic E-state index is -0.924. The fourth-order valence-corrected chi connectivity index (χ4v) is 1.69. The number of carbonyl (C=O) groups is 3. The van der Waals surface area contributed by atoms with Gasteiger partial charge in [0, 0.05) is 0 Å². The zero-order chi connectivity index (χ0) is 11.9. The number of nitrogens with two attached hydrogens (primary N) is 1. The first-order valence-corrected chi connectivity index (χ1v) is 4.80. The summed E-state index contributed by atoms with van der Waals surface area (Å²) in [7, 11) is 0. The predicted molar refractivity (Wildman–Crippen MR) is 55.6 cm³/mol. The zero-order valence-electron chi connectivity index (χ0n) is 8.64. The van der Waals surface area contributed by atoms with Gasteiger partial charge in [-0.25, -0.2) is 0 Å². The number of nitrogens with zero attached hydrogens (tertiary/aromatic N) is 1. The first kappa shape index (κ1) is 10.4. The molecule has 0 fully saturated rings. The highest BCUT2D eigenvalue weighted by molar-refractivity contribution is 6.22. The number of hydrogen-bond acceptors (Lipinski definition) is 3. The molecule has 3 amide bonds. The summed E-state index contributed by atoms with van der Waals surface area (Å²) >= 11 is 0. The Balaban J connectivity index is 2.46. The zero-order valence-corrected chi connectivity index (χ0v) is 8.64. The average molecular weight is 218 g/mol. The number of amides is 3. The molecule has 1 aliphatic rings. The smallest absolute Gasteiger partial charge is 0.262 e. The maximum atomic E-state index is 11.9. The van der Waals surface area contributed by atoms with Crippen molar-refractivity contribution in [3.8, 4) is 0 Å². The Labute approximate surface area is 91.8 Å². The van der Waals surface area contributed by atoms with Gasteiger partial charge in [-0.3, -0.25) is 19.3 Å². The third kappa shape index (κ3) is 1.29. The minimum absolute atomic E-state index is 0.320. The van der Waals surface area contributed by atoms with Crippen LogP contribution in [-0.2, 0) is 4.79 Å². The number of hydrogen-bond donors (Lipinski definition) is 1. The van der Waals surface area contributed by atoms with Crippen LogP contribution in [0, 0.1) is 0 Å². The summed E-state index contributed by atoms with van der Waals surface area (Å²) in [5.41, 5.74) is 5.73. The highest BCUT2D eigenvalue weighted by Crippen LogP contribution is 2.24. The van der Waals surface area contributed by atoms with E-state index in [2.05, 4.69) is 0 Å². The van der Waals surface area contributed by atoms with Crippen molar-refractivity contribution in [2.75, 3.05) is 0 Å². The SMILES string of the molecule is C[C@@H](C(N)=O)N1C(=O)c2ccccc2C1=O. The van der Waals surface area contributed by atoms with Crippen molar-refractivity contribution in [1.29, 1.82) is 0 Å². The van der Waals surface area contributed by atoms with Crippen LogP contribution in [0.4, 0.5) is 0 Å². The lowest BCUT2D eigenvalue weighted by molar-refractivity contribution is -0.121. The van der Waals surface area contributed by atoms with E-state index in [0.29, 0.717) is 11.1 Å². The van der Waals surface area contributed by atoms with Crippen LogP contribution in [0.1, 0.15) is 27.6 Å². The van der Waals surface area contributed by atoms with Gasteiger partial charge in [-0.2, -0.15) is 0 Å². The first-order valence-electron chi connectivity index (χ1n) is 4.80. The number of fused-ring (bicyclic) bond motifs is 1. The number of imide groups is 1. The Kier molecular flexibility index (Phi) is 2.23. The Morgan fingerprint density at radius 2 is 1.62 bits per heavy atom. The molecule has 2 rings (SSSR count). The minimum Gasteiger partial charge on any atom is -0.368 e. The van der Waals surface area contributed by atoms with Gasteiger partial charge in [-0.1, -0.05) is 12.1 Å². The molecule has 5 heteroatoms. The molecule has 0 aliphatic carbocycles. The summed E-state index contributed by atoms with van der Waals surface area (Å²) in [5.74, 6) is -1.63. The van der Waals surface area contributed by atoms with E-state index in [1.165, 1.54) is 6.92 Å². The Bertz CT molecular complexity index is 461. The average Bonchev–Trinajstić information content (AvgIpc) is 2.52. The predicted octanol–water partition coefficient (Wildman–Crippen LogP) is 0.156. The van der Waals surface area contributed by atoms with Crippen molar-refractivity contribution in [3.05, 3.63) is 35.4 Å². The van der Waals surface area contributed by atoms with Gasteiger partial charge in [-0.05, 0) is 19.1 Å². The van der Waals surface area contributed by atoms with Crippen LogP contribution in [0.3, 0.4) is 0 Å². The second kappa shape index (κ2) is 3.44. The Morgan fingerprint density at radius 3 is 2.00 bits per heavy atom. The standard InChI is InChI=1S/C11H10N2O3/c1-6(9(12)14)13-10(15)7-4-2-3-5-8(7)11(13)16/h2-6H,1H3,(H2,12,14)/t6-/m0/s1. The number of rotatable bonds is 2. The first-order chi connectivity index (χ1) is 7.54. The monoisotopic (exact) mass is 218 g/mol. The molecule has 0 saturated heterocycles. The molecule has 0 bridgehead atoms.